The van der Waals surface area contributed by atoms with Gasteiger partial charge in [0.2, 0.25) is 5.91 Å². The van der Waals surface area contributed by atoms with Gasteiger partial charge in [-0.2, -0.15) is 0 Å². The second-order valence-corrected chi connectivity index (χ2v) is 11.3. The third-order valence-corrected chi connectivity index (χ3v) is 7.80. The van der Waals surface area contributed by atoms with E-state index in [-0.39, 0.29) is 5.91 Å². The average molecular weight is 456 g/mol. The first-order valence-corrected chi connectivity index (χ1v) is 13.3. The van der Waals surface area contributed by atoms with Crippen LogP contribution in [0.5, 0.6) is 0 Å². The van der Waals surface area contributed by atoms with Gasteiger partial charge < -0.3 is 4.90 Å². The summed E-state index contributed by atoms with van der Waals surface area (Å²) < 4.78 is 23.4. The SMILES string of the molecule is CC(C)N1CCN(C(=O)CN2CCc3cc(-c4ccc(S(C)(=O)=O)cc4)ccc3C2)CC1. The highest BCUT2D eigenvalue weighted by Gasteiger charge is 2.25. The van der Waals surface area contributed by atoms with Gasteiger partial charge >= 0.3 is 0 Å². The first-order chi connectivity index (χ1) is 15.2. The number of hydrogen-bond acceptors (Lipinski definition) is 5. The summed E-state index contributed by atoms with van der Waals surface area (Å²) in [5.74, 6) is 0.236. The normalized spacial score (nSPS) is 18.1. The van der Waals surface area contributed by atoms with Crippen LogP contribution in [0.4, 0.5) is 0 Å². The summed E-state index contributed by atoms with van der Waals surface area (Å²) in [7, 11) is -3.19. The molecule has 32 heavy (non-hydrogen) atoms. The maximum atomic E-state index is 12.8. The van der Waals surface area contributed by atoms with E-state index in [1.54, 1.807) is 12.1 Å². The predicted octanol–water partition coefficient (Wildman–Crippen LogP) is 2.67. The largest absolute Gasteiger partial charge is 0.339 e. The van der Waals surface area contributed by atoms with Crippen LogP contribution < -0.4 is 0 Å². The maximum Gasteiger partial charge on any atom is 0.236 e. The molecule has 0 saturated carbocycles. The molecule has 0 spiro atoms. The Hall–Kier alpha value is -2.22. The highest BCUT2D eigenvalue weighted by atomic mass is 32.2. The maximum absolute atomic E-state index is 12.8. The molecule has 0 atom stereocenters. The molecule has 0 aliphatic carbocycles. The zero-order valence-corrected chi connectivity index (χ0v) is 20.1. The number of fused-ring (bicyclic) bond motifs is 1. The van der Waals surface area contributed by atoms with Crippen molar-refractivity contribution < 1.29 is 13.2 Å². The van der Waals surface area contributed by atoms with Gasteiger partial charge in [-0.05, 0) is 54.7 Å². The number of rotatable bonds is 5. The smallest absolute Gasteiger partial charge is 0.236 e. The standard InChI is InChI=1S/C25H33N3O3S/c1-19(2)27-12-14-28(15-13-27)25(29)18-26-11-10-22-16-21(4-5-23(22)17-26)20-6-8-24(9-7-20)32(3,30)31/h4-9,16,19H,10-15,17-18H2,1-3H3. The molecule has 2 aliphatic rings. The van der Waals surface area contributed by atoms with Crippen molar-refractivity contribution >= 4 is 15.7 Å². The summed E-state index contributed by atoms with van der Waals surface area (Å²) in [5, 5.41) is 0. The first kappa shape index (κ1) is 23.0. The number of amides is 1. The minimum Gasteiger partial charge on any atom is -0.339 e. The van der Waals surface area contributed by atoms with E-state index >= 15 is 0 Å². The van der Waals surface area contributed by atoms with Gasteiger partial charge in [0.25, 0.3) is 0 Å². The fourth-order valence-corrected chi connectivity index (χ4v) is 5.23. The van der Waals surface area contributed by atoms with E-state index < -0.39 is 9.84 Å². The Bertz CT molecular complexity index is 1070. The Kier molecular flexibility index (Phi) is 6.70. The van der Waals surface area contributed by atoms with E-state index in [9.17, 15) is 13.2 Å². The van der Waals surface area contributed by atoms with Gasteiger partial charge in [-0.25, -0.2) is 8.42 Å². The Morgan fingerprint density at radius 3 is 2.19 bits per heavy atom. The average Bonchev–Trinajstić information content (AvgIpc) is 2.78. The number of carbonyl (C=O) groups is 1. The molecule has 1 saturated heterocycles. The van der Waals surface area contributed by atoms with E-state index in [1.807, 2.05) is 17.0 Å². The Morgan fingerprint density at radius 2 is 1.56 bits per heavy atom. The molecule has 2 aromatic carbocycles. The minimum absolute atomic E-state index is 0.236. The van der Waals surface area contributed by atoms with Crippen molar-refractivity contribution in [3.05, 3.63) is 53.6 Å². The van der Waals surface area contributed by atoms with E-state index in [2.05, 4.69) is 41.8 Å². The van der Waals surface area contributed by atoms with Gasteiger partial charge in [0.15, 0.2) is 9.84 Å². The molecule has 2 heterocycles. The van der Waals surface area contributed by atoms with Crippen LogP contribution in [0.1, 0.15) is 25.0 Å². The van der Waals surface area contributed by atoms with Crippen LogP contribution >= 0.6 is 0 Å². The molecule has 2 aliphatic heterocycles. The van der Waals surface area contributed by atoms with Crippen molar-refractivity contribution in [2.75, 3.05) is 45.5 Å². The first-order valence-electron chi connectivity index (χ1n) is 11.4. The summed E-state index contributed by atoms with van der Waals surface area (Å²) in [4.78, 5) is 19.8. The van der Waals surface area contributed by atoms with Crippen molar-refractivity contribution in [3.63, 3.8) is 0 Å². The number of benzene rings is 2. The monoisotopic (exact) mass is 455 g/mol. The molecule has 2 aromatic rings. The highest BCUT2D eigenvalue weighted by Crippen LogP contribution is 2.27. The van der Waals surface area contributed by atoms with E-state index in [1.165, 1.54) is 17.4 Å². The summed E-state index contributed by atoms with van der Waals surface area (Å²) in [6, 6.07) is 14.0. The molecule has 0 bridgehead atoms. The van der Waals surface area contributed by atoms with Crippen LogP contribution in [0.2, 0.25) is 0 Å². The lowest BCUT2D eigenvalue weighted by Crippen LogP contribution is -2.53. The molecule has 0 N–H and O–H groups in total. The summed E-state index contributed by atoms with van der Waals surface area (Å²) in [5.41, 5.74) is 4.68. The van der Waals surface area contributed by atoms with Crippen molar-refractivity contribution in [1.29, 1.82) is 0 Å². The zero-order valence-electron chi connectivity index (χ0n) is 19.3. The van der Waals surface area contributed by atoms with Gasteiger partial charge in [0, 0.05) is 51.6 Å². The van der Waals surface area contributed by atoms with Crippen LogP contribution in [0.15, 0.2) is 47.4 Å². The van der Waals surface area contributed by atoms with E-state index in [0.717, 1.165) is 56.8 Å². The van der Waals surface area contributed by atoms with Gasteiger partial charge in [0.1, 0.15) is 0 Å². The van der Waals surface area contributed by atoms with Gasteiger partial charge in [0.05, 0.1) is 11.4 Å². The van der Waals surface area contributed by atoms with Gasteiger partial charge in [-0.15, -0.1) is 0 Å². The summed E-state index contributed by atoms with van der Waals surface area (Å²) in [6.07, 6.45) is 2.14. The molecule has 172 valence electrons. The van der Waals surface area contributed by atoms with Crippen molar-refractivity contribution in [2.45, 2.75) is 37.8 Å². The molecule has 0 unspecified atom stereocenters. The molecule has 6 nitrogen and oxygen atoms in total. The zero-order chi connectivity index (χ0) is 22.9. The van der Waals surface area contributed by atoms with E-state index in [0.29, 0.717) is 17.5 Å². The Balaban J connectivity index is 1.37. The van der Waals surface area contributed by atoms with E-state index in [4.69, 9.17) is 0 Å². The molecular weight excluding hydrogens is 422 g/mol. The number of nitrogens with zero attached hydrogens (tertiary/aromatic N) is 3. The highest BCUT2D eigenvalue weighted by molar-refractivity contribution is 7.90. The molecule has 1 fully saturated rings. The Morgan fingerprint density at radius 1 is 0.906 bits per heavy atom. The third-order valence-electron chi connectivity index (χ3n) is 6.67. The molecule has 0 aromatic heterocycles. The second-order valence-electron chi connectivity index (χ2n) is 9.25. The molecule has 1 amide bonds. The lowest BCUT2D eigenvalue weighted by Gasteiger charge is -2.38. The predicted molar refractivity (Wildman–Crippen MR) is 127 cm³/mol. The number of sulfone groups is 1. The number of hydrogen-bond donors (Lipinski definition) is 0. The lowest BCUT2D eigenvalue weighted by molar-refractivity contribution is -0.134. The van der Waals surface area contributed by atoms with Crippen molar-refractivity contribution in [3.8, 4) is 11.1 Å². The van der Waals surface area contributed by atoms with Crippen molar-refractivity contribution in [1.82, 2.24) is 14.7 Å². The van der Waals surface area contributed by atoms with Crippen LogP contribution in [-0.2, 0) is 27.6 Å². The number of piperazine rings is 1. The molecule has 0 radical (unpaired) electrons. The quantitative estimate of drug-likeness (QED) is 0.694. The fraction of sp³-hybridized carbons (Fsp3) is 0.480. The molecular formula is C25H33N3O3S. The molecule has 7 heteroatoms. The summed E-state index contributed by atoms with van der Waals surface area (Å²) in [6.45, 7) is 10.1. The fourth-order valence-electron chi connectivity index (χ4n) is 4.60. The van der Waals surface area contributed by atoms with Crippen LogP contribution in [-0.4, -0.2) is 80.6 Å². The second kappa shape index (κ2) is 9.33. The van der Waals surface area contributed by atoms with Gasteiger partial charge in [-0.1, -0.05) is 30.3 Å². The van der Waals surface area contributed by atoms with Crippen LogP contribution in [0.3, 0.4) is 0 Å². The minimum atomic E-state index is -3.19. The topological polar surface area (TPSA) is 60.9 Å². The molecule has 4 rings (SSSR count). The lowest BCUT2D eigenvalue weighted by atomic mass is 9.94. The third kappa shape index (κ3) is 5.22. The number of carbonyl (C=O) groups excluding carboxylic acids is 1. The van der Waals surface area contributed by atoms with Crippen LogP contribution in [0, 0.1) is 0 Å². The van der Waals surface area contributed by atoms with Gasteiger partial charge in [-0.3, -0.25) is 14.6 Å². The van der Waals surface area contributed by atoms with Crippen molar-refractivity contribution in [2.24, 2.45) is 0 Å². The summed E-state index contributed by atoms with van der Waals surface area (Å²) >= 11 is 0. The van der Waals surface area contributed by atoms with Crippen LogP contribution in [0.25, 0.3) is 11.1 Å². The Labute approximate surface area is 191 Å².